The summed E-state index contributed by atoms with van der Waals surface area (Å²) in [7, 11) is 0. The monoisotopic (exact) mass is 431 g/mol. The summed E-state index contributed by atoms with van der Waals surface area (Å²) in [5.74, 6) is 0. The summed E-state index contributed by atoms with van der Waals surface area (Å²) in [6.07, 6.45) is 0. The third kappa shape index (κ3) is 3.38. The Labute approximate surface area is 198 Å². The average molecular weight is 432 g/mol. The molecule has 0 aromatic heterocycles. The zero-order chi connectivity index (χ0) is 23.3. The second kappa shape index (κ2) is 7.92. The van der Waals surface area contributed by atoms with E-state index in [-0.39, 0.29) is 5.41 Å². The van der Waals surface area contributed by atoms with Crippen molar-refractivity contribution in [3.8, 4) is 22.3 Å². The predicted molar refractivity (Wildman–Crippen MR) is 143 cm³/mol. The van der Waals surface area contributed by atoms with Crippen LogP contribution in [0.15, 0.2) is 84.9 Å². The van der Waals surface area contributed by atoms with E-state index in [0.29, 0.717) is 6.04 Å². The van der Waals surface area contributed by atoms with Gasteiger partial charge in [0.2, 0.25) is 0 Å². The second-order valence-corrected chi connectivity index (χ2v) is 10.1. The Hall–Kier alpha value is -3.32. The van der Waals surface area contributed by atoms with E-state index >= 15 is 0 Å². The lowest BCUT2D eigenvalue weighted by atomic mass is 9.82. The largest absolute Gasteiger partial charge is 0.338 e. The smallest absolute Gasteiger partial charge is 0.0449 e. The number of nitrogens with zero attached hydrogens (tertiary/aromatic N) is 1. The minimum absolute atomic E-state index is 0.00203. The maximum absolute atomic E-state index is 2.52. The molecule has 0 radical (unpaired) electrons. The van der Waals surface area contributed by atoms with Gasteiger partial charge in [-0.05, 0) is 90.4 Å². The summed E-state index contributed by atoms with van der Waals surface area (Å²) in [5.41, 5.74) is 13.4. The first-order chi connectivity index (χ1) is 15.8. The van der Waals surface area contributed by atoms with E-state index in [1.807, 2.05) is 0 Å². The lowest BCUT2D eigenvalue weighted by Gasteiger charge is -2.34. The average Bonchev–Trinajstić information content (AvgIpc) is 3.02. The molecule has 0 saturated carbocycles. The third-order valence-corrected chi connectivity index (χ3v) is 7.33. The van der Waals surface area contributed by atoms with Gasteiger partial charge in [0.15, 0.2) is 0 Å². The highest BCUT2D eigenvalue weighted by Crippen LogP contribution is 2.51. The quantitative estimate of drug-likeness (QED) is 0.312. The third-order valence-electron chi connectivity index (χ3n) is 7.33. The molecular formula is C32H33N. The summed E-state index contributed by atoms with van der Waals surface area (Å²) in [5, 5.41) is 0. The van der Waals surface area contributed by atoms with Crippen molar-refractivity contribution >= 4 is 11.4 Å². The highest BCUT2D eigenvalue weighted by Gasteiger charge is 2.36. The normalized spacial score (nSPS) is 13.7. The molecule has 0 spiro atoms. The van der Waals surface area contributed by atoms with Crippen LogP contribution in [-0.2, 0) is 5.41 Å². The fraction of sp³-hybridized carbons (Fsp3) is 0.250. The molecule has 166 valence electrons. The van der Waals surface area contributed by atoms with Crippen molar-refractivity contribution in [1.82, 2.24) is 0 Å². The van der Waals surface area contributed by atoms with Crippen molar-refractivity contribution in [2.45, 2.75) is 53.0 Å². The van der Waals surface area contributed by atoms with Gasteiger partial charge in [0.1, 0.15) is 0 Å². The number of anilines is 2. The van der Waals surface area contributed by atoms with Gasteiger partial charge in [0.25, 0.3) is 0 Å². The fourth-order valence-electron chi connectivity index (χ4n) is 5.61. The van der Waals surface area contributed by atoms with Crippen LogP contribution < -0.4 is 4.90 Å². The van der Waals surface area contributed by atoms with E-state index in [0.717, 1.165) is 0 Å². The number of hydrogen-bond donors (Lipinski definition) is 0. The molecule has 0 unspecified atom stereocenters. The summed E-state index contributed by atoms with van der Waals surface area (Å²) in [6.45, 7) is 13.8. The van der Waals surface area contributed by atoms with Crippen LogP contribution in [0.4, 0.5) is 11.4 Å². The van der Waals surface area contributed by atoms with Crippen molar-refractivity contribution in [1.29, 1.82) is 0 Å². The van der Waals surface area contributed by atoms with E-state index in [4.69, 9.17) is 0 Å². The Morgan fingerprint density at radius 1 is 0.636 bits per heavy atom. The van der Waals surface area contributed by atoms with Crippen molar-refractivity contribution in [3.63, 3.8) is 0 Å². The van der Waals surface area contributed by atoms with Crippen LogP contribution >= 0.6 is 0 Å². The van der Waals surface area contributed by atoms with Gasteiger partial charge in [-0.15, -0.1) is 0 Å². The number of aryl methyl sites for hydroxylation is 1. The Bertz CT molecular complexity index is 1330. The molecule has 0 aliphatic heterocycles. The number of rotatable bonds is 4. The molecule has 0 N–H and O–H groups in total. The Balaban J connectivity index is 1.69. The zero-order valence-electron chi connectivity index (χ0n) is 20.6. The predicted octanol–water partition coefficient (Wildman–Crippen LogP) is 8.82. The molecule has 4 aromatic rings. The van der Waals surface area contributed by atoms with E-state index < -0.39 is 0 Å². The van der Waals surface area contributed by atoms with Crippen LogP contribution in [0.1, 0.15) is 49.9 Å². The lowest BCUT2D eigenvalue weighted by Crippen LogP contribution is -2.27. The molecule has 4 aromatic carbocycles. The van der Waals surface area contributed by atoms with Crippen LogP contribution in [0.2, 0.25) is 0 Å². The topological polar surface area (TPSA) is 3.24 Å². The molecule has 0 bridgehead atoms. The minimum atomic E-state index is -0.00203. The molecule has 0 amide bonds. The van der Waals surface area contributed by atoms with Gasteiger partial charge in [-0.25, -0.2) is 0 Å². The number of benzene rings is 4. The fourth-order valence-corrected chi connectivity index (χ4v) is 5.61. The second-order valence-electron chi connectivity index (χ2n) is 10.1. The van der Waals surface area contributed by atoms with Gasteiger partial charge in [0, 0.05) is 22.8 Å². The molecule has 0 heterocycles. The van der Waals surface area contributed by atoms with Crippen molar-refractivity contribution in [2.24, 2.45) is 0 Å². The van der Waals surface area contributed by atoms with Gasteiger partial charge in [0.05, 0.1) is 0 Å². The van der Waals surface area contributed by atoms with E-state index in [2.05, 4.69) is 131 Å². The summed E-state index contributed by atoms with van der Waals surface area (Å²) < 4.78 is 0. The molecule has 1 heteroatoms. The first-order valence-corrected chi connectivity index (χ1v) is 12.0. The highest BCUT2D eigenvalue weighted by molar-refractivity contribution is 5.86. The van der Waals surface area contributed by atoms with Crippen LogP contribution in [0.5, 0.6) is 0 Å². The van der Waals surface area contributed by atoms with E-state index in [1.54, 1.807) is 0 Å². The Morgan fingerprint density at radius 2 is 1.30 bits per heavy atom. The standard InChI is InChI=1S/C32H33N/c1-21(2)33(30-18-12-16-25(23(30)4)24-13-8-7-9-14-24)31-20-29-27(19-22(31)3)26-15-10-11-17-28(26)32(29,5)6/h7-21H,1-6H3. The van der Waals surface area contributed by atoms with Gasteiger partial charge in [-0.1, -0.05) is 80.6 Å². The molecular weight excluding hydrogens is 398 g/mol. The lowest BCUT2D eigenvalue weighted by molar-refractivity contribution is 0.659. The number of hydrogen-bond acceptors (Lipinski definition) is 1. The van der Waals surface area contributed by atoms with Crippen LogP contribution in [-0.4, -0.2) is 6.04 Å². The van der Waals surface area contributed by atoms with E-state index in [9.17, 15) is 0 Å². The highest BCUT2D eigenvalue weighted by atomic mass is 15.2. The summed E-state index contributed by atoms with van der Waals surface area (Å²) in [6, 6.07) is 31.5. The zero-order valence-corrected chi connectivity index (χ0v) is 20.6. The van der Waals surface area contributed by atoms with Gasteiger partial charge in [-0.3, -0.25) is 0 Å². The van der Waals surface area contributed by atoms with Gasteiger partial charge >= 0.3 is 0 Å². The van der Waals surface area contributed by atoms with Crippen molar-refractivity contribution in [2.75, 3.05) is 4.90 Å². The first-order valence-electron chi connectivity index (χ1n) is 12.0. The molecule has 5 rings (SSSR count). The number of fused-ring (bicyclic) bond motifs is 3. The molecule has 0 atom stereocenters. The van der Waals surface area contributed by atoms with Crippen LogP contribution in [0, 0.1) is 13.8 Å². The summed E-state index contributed by atoms with van der Waals surface area (Å²) in [4.78, 5) is 2.52. The minimum Gasteiger partial charge on any atom is -0.338 e. The SMILES string of the molecule is Cc1cc2c(cc1N(c1cccc(-c3ccccc3)c1C)C(C)C)C(C)(C)c1ccccc1-2. The van der Waals surface area contributed by atoms with Crippen molar-refractivity contribution < 1.29 is 0 Å². The molecule has 33 heavy (non-hydrogen) atoms. The van der Waals surface area contributed by atoms with Crippen molar-refractivity contribution in [3.05, 3.63) is 107 Å². The Morgan fingerprint density at radius 3 is 2.03 bits per heavy atom. The van der Waals surface area contributed by atoms with Crippen LogP contribution in [0.25, 0.3) is 22.3 Å². The molecule has 1 nitrogen and oxygen atoms in total. The molecule has 1 aliphatic rings. The van der Waals surface area contributed by atoms with Gasteiger partial charge < -0.3 is 4.90 Å². The van der Waals surface area contributed by atoms with Gasteiger partial charge in [-0.2, -0.15) is 0 Å². The maximum Gasteiger partial charge on any atom is 0.0449 e. The van der Waals surface area contributed by atoms with E-state index in [1.165, 1.54) is 55.9 Å². The molecule has 1 aliphatic carbocycles. The molecule has 0 saturated heterocycles. The first kappa shape index (κ1) is 21.5. The van der Waals surface area contributed by atoms with Crippen LogP contribution in [0.3, 0.4) is 0 Å². The molecule has 0 fully saturated rings. The maximum atomic E-state index is 2.52. The Kier molecular flexibility index (Phi) is 5.16. The summed E-state index contributed by atoms with van der Waals surface area (Å²) >= 11 is 0.